The van der Waals surface area contributed by atoms with E-state index in [0.29, 0.717) is 5.75 Å². The molecule has 0 atom stereocenters. The van der Waals surface area contributed by atoms with Gasteiger partial charge in [-0.1, -0.05) is 18.7 Å². The molecule has 2 nitrogen and oxygen atoms in total. The molecule has 0 aromatic rings. The lowest BCUT2D eigenvalue weighted by atomic mass is 10.9. The molecule has 0 saturated carbocycles. The SMILES string of the molecule is CCSC(=O)C(=O)[S-]. The summed E-state index contributed by atoms with van der Waals surface area (Å²) in [5.41, 5.74) is 0. The first-order valence-electron chi connectivity index (χ1n) is 2.06. The maximum absolute atomic E-state index is 10.3. The van der Waals surface area contributed by atoms with Gasteiger partial charge in [0.1, 0.15) is 0 Å². The fourth-order valence-corrected chi connectivity index (χ4v) is 0.747. The summed E-state index contributed by atoms with van der Waals surface area (Å²) < 4.78 is 0. The van der Waals surface area contributed by atoms with E-state index in [9.17, 15) is 9.59 Å². The van der Waals surface area contributed by atoms with Crippen LogP contribution in [-0.2, 0) is 22.2 Å². The third kappa shape index (κ3) is 2.98. The Bertz CT molecular complexity index is 111. The molecule has 0 aromatic carbocycles. The highest BCUT2D eigenvalue weighted by Crippen LogP contribution is 1.99. The quantitative estimate of drug-likeness (QED) is 0.419. The van der Waals surface area contributed by atoms with Gasteiger partial charge in [-0.05, 0) is 5.75 Å². The molecule has 0 aliphatic heterocycles. The Morgan fingerprint density at radius 2 is 2.12 bits per heavy atom. The van der Waals surface area contributed by atoms with Gasteiger partial charge in [-0.25, -0.2) is 0 Å². The Kier molecular flexibility index (Phi) is 3.81. The molecule has 0 spiro atoms. The number of hydrogen-bond acceptors (Lipinski definition) is 4. The van der Waals surface area contributed by atoms with Gasteiger partial charge in [-0.15, -0.1) is 0 Å². The maximum Gasteiger partial charge on any atom is 0.231 e. The van der Waals surface area contributed by atoms with E-state index in [1.54, 1.807) is 6.92 Å². The molecule has 0 aliphatic rings. The van der Waals surface area contributed by atoms with E-state index in [1.807, 2.05) is 0 Å². The van der Waals surface area contributed by atoms with Gasteiger partial charge in [0, 0.05) is 0 Å². The highest BCUT2D eigenvalue weighted by molar-refractivity contribution is 8.17. The summed E-state index contributed by atoms with van der Waals surface area (Å²) in [6, 6.07) is 0. The summed E-state index contributed by atoms with van der Waals surface area (Å²) in [6.45, 7) is 1.79. The van der Waals surface area contributed by atoms with Crippen LogP contribution < -0.4 is 0 Å². The minimum Gasteiger partial charge on any atom is -0.733 e. The van der Waals surface area contributed by atoms with Crippen molar-refractivity contribution in [1.82, 2.24) is 0 Å². The first-order chi connectivity index (χ1) is 3.68. The molecule has 0 bridgehead atoms. The van der Waals surface area contributed by atoms with Gasteiger partial charge in [0.05, 0.1) is 5.12 Å². The minimum atomic E-state index is -0.781. The molecule has 0 amide bonds. The second kappa shape index (κ2) is 3.86. The van der Waals surface area contributed by atoms with Crippen molar-refractivity contribution in [2.24, 2.45) is 0 Å². The Morgan fingerprint density at radius 1 is 1.62 bits per heavy atom. The van der Waals surface area contributed by atoms with E-state index in [1.165, 1.54) is 0 Å². The van der Waals surface area contributed by atoms with Gasteiger partial charge in [-0.2, -0.15) is 0 Å². The molecule has 4 heteroatoms. The molecule has 0 aromatic heterocycles. The summed E-state index contributed by atoms with van der Waals surface area (Å²) in [5, 5.41) is -1.31. The van der Waals surface area contributed by atoms with E-state index in [0.717, 1.165) is 11.8 Å². The molecule has 0 radical (unpaired) electrons. The molecular formula is C4H5O2S2-. The van der Waals surface area contributed by atoms with Gasteiger partial charge in [0.25, 0.3) is 0 Å². The van der Waals surface area contributed by atoms with Gasteiger partial charge in [0.2, 0.25) is 5.12 Å². The van der Waals surface area contributed by atoms with Crippen LogP contribution >= 0.6 is 11.8 Å². The topological polar surface area (TPSA) is 34.1 Å². The van der Waals surface area contributed by atoms with Crippen molar-refractivity contribution < 1.29 is 9.59 Å². The average molecular weight is 149 g/mol. The van der Waals surface area contributed by atoms with Gasteiger partial charge >= 0.3 is 0 Å². The first-order valence-corrected chi connectivity index (χ1v) is 3.46. The molecule has 0 rings (SSSR count). The average Bonchev–Trinajstić information content (AvgIpc) is 1.67. The van der Waals surface area contributed by atoms with Crippen LogP contribution in [0, 0.1) is 0 Å². The fraction of sp³-hybridized carbons (Fsp3) is 0.500. The third-order valence-corrected chi connectivity index (χ3v) is 1.49. The van der Waals surface area contributed by atoms with Crippen LogP contribution in [0.15, 0.2) is 0 Å². The lowest BCUT2D eigenvalue weighted by molar-refractivity contribution is -0.126. The zero-order valence-electron chi connectivity index (χ0n) is 4.34. The van der Waals surface area contributed by atoms with Gasteiger partial charge in [0.15, 0.2) is 0 Å². The van der Waals surface area contributed by atoms with E-state index < -0.39 is 10.2 Å². The van der Waals surface area contributed by atoms with Crippen molar-refractivity contribution in [2.75, 3.05) is 5.75 Å². The van der Waals surface area contributed by atoms with E-state index in [4.69, 9.17) is 0 Å². The maximum atomic E-state index is 10.3. The van der Waals surface area contributed by atoms with Crippen molar-refractivity contribution in [3.8, 4) is 0 Å². The van der Waals surface area contributed by atoms with Crippen molar-refractivity contribution in [3.63, 3.8) is 0 Å². The Morgan fingerprint density at radius 3 is 2.25 bits per heavy atom. The predicted molar refractivity (Wildman–Crippen MR) is 35.5 cm³/mol. The number of carbonyl (C=O) groups excluding carboxylic acids is 2. The molecule has 46 valence electrons. The lowest BCUT2D eigenvalue weighted by Gasteiger charge is -1.97. The van der Waals surface area contributed by atoms with Crippen molar-refractivity contribution in [2.45, 2.75) is 6.92 Å². The van der Waals surface area contributed by atoms with Crippen molar-refractivity contribution in [3.05, 3.63) is 0 Å². The normalized spacial score (nSPS) is 8.62. The van der Waals surface area contributed by atoms with Gasteiger partial charge < -0.3 is 17.4 Å². The zero-order chi connectivity index (χ0) is 6.57. The lowest BCUT2D eigenvalue weighted by Crippen LogP contribution is -2.04. The van der Waals surface area contributed by atoms with E-state index in [2.05, 4.69) is 12.6 Å². The highest BCUT2D eigenvalue weighted by Gasteiger charge is 1.97. The van der Waals surface area contributed by atoms with Crippen molar-refractivity contribution in [1.29, 1.82) is 0 Å². The zero-order valence-corrected chi connectivity index (χ0v) is 5.97. The van der Waals surface area contributed by atoms with Crippen molar-refractivity contribution >= 4 is 34.6 Å². The van der Waals surface area contributed by atoms with Crippen LogP contribution in [0.1, 0.15) is 6.92 Å². The number of carbonyl (C=O) groups is 2. The number of hydrogen-bond donors (Lipinski definition) is 0. The van der Waals surface area contributed by atoms with Crippen LogP contribution in [-0.4, -0.2) is 16.0 Å². The second-order valence-corrected chi connectivity index (χ2v) is 2.62. The second-order valence-electron chi connectivity index (χ2n) is 1.01. The molecule has 8 heavy (non-hydrogen) atoms. The number of thioether (sulfide) groups is 1. The summed E-state index contributed by atoms with van der Waals surface area (Å²) in [4.78, 5) is 20.2. The molecule has 0 saturated heterocycles. The highest BCUT2D eigenvalue weighted by atomic mass is 32.2. The van der Waals surface area contributed by atoms with Gasteiger partial charge in [-0.3, -0.25) is 4.79 Å². The Balaban J connectivity index is 3.49. The van der Waals surface area contributed by atoms with E-state index >= 15 is 0 Å². The predicted octanol–water partition coefficient (Wildman–Crippen LogP) is 0.340. The molecule has 0 heterocycles. The summed E-state index contributed by atoms with van der Waals surface area (Å²) >= 11 is 5.00. The van der Waals surface area contributed by atoms with Crippen LogP contribution in [0.25, 0.3) is 0 Å². The minimum absolute atomic E-state index is 0.525. The molecule has 0 fully saturated rings. The summed E-state index contributed by atoms with van der Waals surface area (Å²) in [5.74, 6) is 0.612. The first kappa shape index (κ1) is 7.91. The molecule has 0 aliphatic carbocycles. The Labute approximate surface area is 57.4 Å². The third-order valence-electron chi connectivity index (χ3n) is 0.442. The van der Waals surface area contributed by atoms with Crippen LogP contribution in [0.5, 0.6) is 0 Å². The smallest absolute Gasteiger partial charge is 0.231 e. The Hall–Kier alpha value is -0.0900. The van der Waals surface area contributed by atoms with E-state index in [-0.39, 0.29) is 0 Å². The number of rotatable bonds is 2. The molecule has 0 N–H and O–H groups in total. The monoisotopic (exact) mass is 149 g/mol. The summed E-state index contributed by atoms with van der Waals surface area (Å²) in [6.07, 6.45) is 0. The van der Waals surface area contributed by atoms with Crippen LogP contribution in [0.3, 0.4) is 0 Å². The standard InChI is InChI=1S/C4H6O2S2/c1-2-8-4(6)3(5)7/h2H2,1H3,(H,5,7)/p-1. The summed E-state index contributed by atoms with van der Waals surface area (Å²) in [7, 11) is 0. The fourth-order valence-electron chi connectivity index (χ4n) is 0.190. The molecular weight excluding hydrogens is 144 g/mol. The van der Waals surface area contributed by atoms with Crippen LogP contribution in [0.2, 0.25) is 0 Å². The van der Waals surface area contributed by atoms with Crippen LogP contribution in [0.4, 0.5) is 0 Å². The molecule has 0 unspecified atom stereocenters. The largest absolute Gasteiger partial charge is 0.733 e.